The van der Waals surface area contributed by atoms with Gasteiger partial charge in [-0.1, -0.05) is 42.5 Å². The van der Waals surface area contributed by atoms with Crippen molar-refractivity contribution in [1.82, 2.24) is 5.32 Å². The van der Waals surface area contributed by atoms with E-state index < -0.39 is 23.8 Å². The first-order valence-corrected chi connectivity index (χ1v) is 7.94. The molecule has 0 aliphatic rings. The van der Waals surface area contributed by atoms with Crippen molar-refractivity contribution in [1.29, 1.82) is 0 Å². The molecule has 0 heterocycles. The van der Waals surface area contributed by atoms with Gasteiger partial charge in [0.2, 0.25) is 5.91 Å². The highest BCUT2D eigenvalue weighted by molar-refractivity contribution is 6.08. The van der Waals surface area contributed by atoms with Crippen LogP contribution in [0, 0.1) is 0 Å². The predicted octanol–water partition coefficient (Wildman–Crippen LogP) is 1.93. The van der Waals surface area contributed by atoms with Crippen molar-refractivity contribution < 1.29 is 19.1 Å². The zero-order valence-electron chi connectivity index (χ0n) is 13.9. The van der Waals surface area contributed by atoms with E-state index in [1.165, 1.54) is 12.2 Å². The number of nitrogens with two attached hydrogens (primary N) is 1. The highest BCUT2D eigenvalue weighted by Crippen LogP contribution is 2.18. The number of fused-ring (bicyclic) bond motifs is 1. The third kappa shape index (κ3) is 4.91. The summed E-state index contributed by atoms with van der Waals surface area (Å²) in [7, 11) is 0. The Kier molecular flexibility index (Phi) is 6.28. The van der Waals surface area contributed by atoms with E-state index in [1.807, 2.05) is 30.3 Å². The molecule has 6 nitrogen and oxygen atoms in total. The molecule has 1 atom stereocenters. The van der Waals surface area contributed by atoms with E-state index in [-0.39, 0.29) is 13.0 Å². The summed E-state index contributed by atoms with van der Waals surface area (Å²) in [6, 6.07) is 11.9. The van der Waals surface area contributed by atoms with Crippen molar-refractivity contribution in [3.05, 3.63) is 60.2 Å². The van der Waals surface area contributed by atoms with Crippen LogP contribution in [0.2, 0.25) is 0 Å². The highest BCUT2D eigenvalue weighted by atomic mass is 16.5. The Morgan fingerprint density at radius 2 is 1.88 bits per heavy atom. The highest BCUT2D eigenvalue weighted by Gasteiger charge is 2.19. The van der Waals surface area contributed by atoms with Gasteiger partial charge in [0.25, 0.3) is 5.91 Å². The predicted molar refractivity (Wildman–Crippen MR) is 94.8 cm³/mol. The molecule has 0 aliphatic carbocycles. The normalized spacial score (nSPS) is 12.0. The molecule has 130 valence electrons. The summed E-state index contributed by atoms with van der Waals surface area (Å²) in [5.41, 5.74) is 5.80. The van der Waals surface area contributed by atoms with Gasteiger partial charge in [-0.25, -0.2) is 4.79 Å². The summed E-state index contributed by atoms with van der Waals surface area (Å²) in [6.07, 6.45) is 2.77. The number of rotatable bonds is 7. The maximum Gasteiger partial charge on any atom is 0.330 e. The Balaban J connectivity index is 2.12. The van der Waals surface area contributed by atoms with E-state index in [4.69, 9.17) is 10.5 Å². The number of primary amides is 1. The summed E-state index contributed by atoms with van der Waals surface area (Å²) in [5.74, 6) is -1.58. The Morgan fingerprint density at radius 3 is 2.60 bits per heavy atom. The van der Waals surface area contributed by atoms with E-state index >= 15 is 0 Å². The van der Waals surface area contributed by atoms with Crippen molar-refractivity contribution in [2.75, 3.05) is 6.61 Å². The molecule has 0 aromatic heterocycles. The first kappa shape index (κ1) is 18.2. The third-order valence-corrected chi connectivity index (χ3v) is 3.60. The monoisotopic (exact) mass is 340 g/mol. The molecule has 6 heteroatoms. The Hall–Kier alpha value is -3.15. The van der Waals surface area contributed by atoms with E-state index in [0.717, 1.165) is 10.8 Å². The van der Waals surface area contributed by atoms with Crippen LogP contribution >= 0.6 is 0 Å². The Bertz CT molecular complexity index is 809. The summed E-state index contributed by atoms with van der Waals surface area (Å²) >= 11 is 0. The second kappa shape index (κ2) is 8.63. The molecule has 0 radical (unpaired) electrons. The van der Waals surface area contributed by atoms with Crippen LogP contribution in [-0.4, -0.2) is 30.4 Å². The second-order valence-electron chi connectivity index (χ2n) is 5.35. The van der Waals surface area contributed by atoms with Crippen LogP contribution in [0.1, 0.15) is 23.7 Å². The van der Waals surface area contributed by atoms with Gasteiger partial charge in [0, 0.05) is 11.6 Å². The molecule has 0 fully saturated rings. The topological polar surface area (TPSA) is 98.5 Å². The SMILES string of the molecule is CCOC(=O)/C=C/C[C@@H](NC(=O)c1cccc2ccccc12)C(N)=O. The lowest BCUT2D eigenvalue weighted by Crippen LogP contribution is -2.44. The van der Waals surface area contributed by atoms with Gasteiger partial charge in [-0.15, -0.1) is 0 Å². The molecule has 25 heavy (non-hydrogen) atoms. The molecular formula is C19H20N2O4. The number of hydrogen-bond donors (Lipinski definition) is 2. The van der Waals surface area contributed by atoms with Crippen molar-refractivity contribution in [2.45, 2.75) is 19.4 Å². The van der Waals surface area contributed by atoms with Gasteiger partial charge in [-0.2, -0.15) is 0 Å². The lowest BCUT2D eigenvalue weighted by molar-refractivity contribution is -0.137. The van der Waals surface area contributed by atoms with Crippen LogP contribution in [0.4, 0.5) is 0 Å². The molecule has 2 amide bonds. The minimum atomic E-state index is -0.919. The number of carbonyl (C=O) groups excluding carboxylic acids is 3. The smallest absolute Gasteiger partial charge is 0.330 e. The fourth-order valence-electron chi connectivity index (χ4n) is 2.40. The first-order valence-electron chi connectivity index (χ1n) is 7.94. The molecule has 0 spiro atoms. The summed E-state index contributed by atoms with van der Waals surface area (Å²) in [5, 5.41) is 4.32. The molecule has 0 aliphatic heterocycles. The van der Waals surface area contributed by atoms with Gasteiger partial charge >= 0.3 is 5.97 Å². The number of benzene rings is 2. The van der Waals surface area contributed by atoms with Gasteiger partial charge in [0.15, 0.2) is 0 Å². The minimum absolute atomic E-state index is 0.102. The quantitative estimate of drug-likeness (QED) is 0.594. The summed E-state index contributed by atoms with van der Waals surface area (Å²) < 4.78 is 4.75. The molecule has 0 saturated carbocycles. The largest absolute Gasteiger partial charge is 0.463 e. The van der Waals surface area contributed by atoms with Crippen molar-refractivity contribution in [3.8, 4) is 0 Å². The van der Waals surface area contributed by atoms with Crippen LogP contribution in [0.3, 0.4) is 0 Å². The van der Waals surface area contributed by atoms with Crippen molar-refractivity contribution in [2.24, 2.45) is 5.73 Å². The zero-order valence-corrected chi connectivity index (χ0v) is 13.9. The first-order chi connectivity index (χ1) is 12.0. The van der Waals surface area contributed by atoms with E-state index in [9.17, 15) is 14.4 Å². The van der Waals surface area contributed by atoms with Gasteiger partial charge in [-0.05, 0) is 30.2 Å². The minimum Gasteiger partial charge on any atom is -0.463 e. The number of carbonyl (C=O) groups is 3. The molecule has 0 unspecified atom stereocenters. The number of ether oxygens (including phenoxy) is 1. The Morgan fingerprint density at radius 1 is 1.16 bits per heavy atom. The number of nitrogens with one attached hydrogen (secondary N) is 1. The molecule has 2 aromatic rings. The average molecular weight is 340 g/mol. The molecule has 0 bridgehead atoms. The maximum absolute atomic E-state index is 12.5. The lowest BCUT2D eigenvalue weighted by atomic mass is 10.0. The summed E-state index contributed by atoms with van der Waals surface area (Å²) in [4.78, 5) is 35.4. The van der Waals surface area contributed by atoms with Crippen LogP contribution in [0.5, 0.6) is 0 Å². The molecule has 2 rings (SSSR count). The van der Waals surface area contributed by atoms with Crippen LogP contribution in [0.15, 0.2) is 54.6 Å². The standard InChI is InChI=1S/C19H20N2O4/c1-2-25-17(22)12-6-11-16(18(20)23)21-19(24)15-10-5-8-13-7-3-4-9-14(13)15/h3-10,12,16H,2,11H2,1H3,(H2,20,23)(H,21,24)/b12-6+/t16-/m1/s1. The van der Waals surface area contributed by atoms with Crippen LogP contribution < -0.4 is 11.1 Å². The number of amides is 2. The molecule has 3 N–H and O–H groups in total. The van der Waals surface area contributed by atoms with Gasteiger partial charge < -0.3 is 15.8 Å². The summed E-state index contributed by atoms with van der Waals surface area (Å²) in [6.45, 7) is 1.96. The van der Waals surface area contributed by atoms with Gasteiger partial charge in [0.05, 0.1) is 6.61 Å². The molecular weight excluding hydrogens is 320 g/mol. The third-order valence-electron chi connectivity index (χ3n) is 3.60. The number of esters is 1. The lowest BCUT2D eigenvalue weighted by Gasteiger charge is -2.14. The van der Waals surface area contributed by atoms with E-state index in [0.29, 0.717) is 5.56 Å². The van der Waals surface area contributed by atoms with Crippen molar-refractivity contribution >= 4 is 28.6 Å². The van der Waals surface area contributed by atoms with Crippen LogP contribution in [0.25, 0.3) is 10.8 Å². The number of hydrogen-bond acceptors (Lipinski definition) is 4. The Labute approximate surface area is 145 Å². The zero-order chi connectivity index (χ0) is 18.2. The van der Waals surface area contributed by atoms with Gasteiger partial charge in [-0.3, -0.25) is 9.59 Å². The average Bonchev–Trinajstić information content (AvgIpc) is 2.60. The van der Waals surface area contributed by atoms with Crippen molar-refractivity contribution in [3.63, 3.8) is 0 Å². The fourth-order valence-corrected chi connectivity index (χ4v) is 2.40. The molecule has 2 aromatic carbocycles. The van der Waals surface area contributed by atoms with Gasteiger partial charge in [0.1, 0.15) is 6.04 Å². The molecule has 0 saturated heterocycles. The maximum atomic E-state index is 12.5. The van der Waals surface area contributed by atoms with Crippen LogP contribution in [-0.2, 0) is 14.3 Å². The van der Waals surface area contributed by atoms with E-state index in [1.54, 1.807) is 19.1 Å². The second-order valence-corrected chi connectivity index (χ2v) is 5.35. The fraction of sp³-hybridized carbons (Fsp3) is 0.211. The van der Waals surface area contributed by atoms with E-state index in [2.05, 4.69) is 5.32 Å².